The molecule has 1 atom stereocenters. The number of carbonyl (C=O) groups is 3. The first kappa shape index (κ1) is 18.8. The molecule has 0 spiro atoms. The van der Waals surface area contributed by atoms with Crippen LogP contribution in [-0.4, -0.2) is 54.1 Å². The van der Waals surface area contributed by atoms with Crippen LogP contribution in [0.2, 0.25) is 0 Å². The zero-order valence-electron chi connectivity index (χ0n) is 14.9. The highest BCUT2D eigenvalue weighted by molar-refractivity contribution is 5.96. The maximum atomic E-state index is 12.0. The maximum Gasteiger partial charge on any atom is 0.410 e. The molecule has 1 aliphatic rings. The average Bonchev–Trinajstić information content (AvgIpc) is 3.00. The van der Waals surface area contributed by atoms with Crippen molar-refractivity contribution < 1.29 is 19.1 Å². The number of carbonyl (C=O) groups excluding carboxylic acids is 3. The van der Waals surface area contributed by atoms with Crippen molar-refractivity contribution in [2.75, 3.05) is 19.6 Å². The number of nitrogens with one attached hydrogen (secondary N) is 2. The molecule has 7 heteroatoms. The van der Waals surface area contributed by atoms with Crippen LogP contribution in [0.1, 0.15) is 37.6 Å². The van der Waals surface area contributed by atoms with Crippen LogP contribution in [0.3, 0.4) is 0 Å². The number of hydrogen-bond donors (Lipinski definition) is 2. The molecule has 1 fully saturated rings. The fourth-order valence-electron chi connectivity index (χ4n) is 2.50. The van der Waals surface area contributed by atoms with E-state index in [1.807, 2.05) is 26.8 Å². The number of rotatable bonds is 4. The van der Waals surface area contributed by atoms with E-state index in [1.165, 1.54) is 0 Å². The standard InChI is InChI=1S/C18H25N3O4/c1-18(2,3)25-17(24)21-10-9-14(12-21)20-15(22)11-19-16(23)13-7-5-4-6-8-13/h4-8,14H,9-12H2,1-3H3,(H,19,23)(H,20,22)/t14-/m1/s1. The van der Waals surface area contributed by atoms with Crippen molar-refractivity contribution >= 4 is 17.9 Å². The van der Waals surface area contributed by atoms with E-state index >= 15 is 0 Å². The van der Waals surface area contributed by atoms with Crippen LogP contribution >= 0.6 is 0 Å². The molecule has 1 heterocycles. The Morgan fingerprint density at radius 3 is 2.52 bits per heavy atom. The van der Waals surface area contributed by atoms with Gasteiger partial charge in [-0.2, -0.15) is 0 Å². The second-order valence-corrected chi connectivity index (χ2v) is 7.03. The van der Waals surface area contributed by atoms with Crippen molar-refractivity contribution in [2.24, 2.45) is 0 Å². The summed E-state index contributed by atoms with van der Waals surface area (Å²) in [4.78, 5) is 37.5. The summed E-state index contributed by atoms with van der Waals surface area (Å²) in [7, 11) is 0. The van der Waals surface area contributed by atoms with Gasteiger partial charge in [-0.15, -0.1) is 0 Å². The van der Waals surface area contributed by atoms with Gasteiger partial charge in [-0.25, -0.2) is 4.79 Å². The molecular weight excluding hydrogens is 322 g/mol. The smallest absolute Gasteiger partial charge is 0.410 e. The summed E-state index contributed by atoms with van der Waals surface area (Å²) < 4.78 is 5.32. The lowest BCUT2D eigenvalue weighted by molar-refractivity contribution is -0.120. The van der Waals surface area contributed by atoms with Gasteiger partial charge in [0.15, 0.2) is 0 Å². The van der Waals surface area contributed by atoms with E-state index in [0.29, 0.717) is 25.1 Å². The van der Waals surface area contributed by atoms with Gasteiger partial charge < -0.3 is 20.3 Å². The summed E-state index contributed by atoms with van der Waals surface area (Å²) in [5.41, 5.74) is -0.0348. The number of benzene rings is 1. The third-order valence-corrected chi connectivity index (χ3v) is 3.65. The van der Waals surface area contributed by atoms with Crippen molar-refractivity contribution in [3.8, 4) is 0 Å². The van der Waals surface area contributed by atoms with Crippen LogP contribution in [0.15, 0.2) is 30.3 Å². The minimum atomic E-state index is -0.542. The molecule has 0 aromatic heterocycles. The fourth-order valence-corrected chi connectivity index (χ4v) is 2.50. The Bertz CT molecular complexity index is 625. The van der Waals surface area contributed by atoms with Gasteiger partial charge in [-0.1, -0.05) is 18.2 Å². The Morgan fingerprint density at radius 1 is 1.20 bits per heavy atom. The van der Waals surface area contributed by atoms with Crippen LogP contribution in [-0.2, 0) is 9.53 Å². The predicted molar refractivity (Wildman–Crippen MR) is 93.1 cm³/mol. The summed E-state index contributed by atoms with van der Waals surface area (Å²) in [6, 6.07) is 8.58. The minimum absolute atomic E-state index is 0.101. The van der Waals surface area contributed by atoms with Crippen molar-refractivity contribution in [2.45, 2.75) is 38.8 Å². The van der Waals surface area contributed by atoms with Crippen molar-refractivity contribution in [1.29, 1.82) is 0 Å². The van der Waals surface area contributed by atoms with Crippen molar-refractivity contribution in [3.05, 3.63) is 35.9 Å². The lowest BCUT2D eigenvalue weighted by Gasteiger charge is -2.24. The van der Waals surface area contributed by atoms with Crippen LogP contribution in [0.5, 0.6) is 0 Å². The van der Waals surface area contributed by atoms with Gasteiger partial charge in [0.25, 0.3) is 5.91 Å². The molecule has 0 aliphatic carbocycles. The van der Waals surface area contributed by atoms with E-state index in [1.54, 1.807) is 29.2 Å². The molecule has 1 aliphatic heterocycles. The molecule has 7 nitrogen and oxygen atoms in total. The number of hydrogen-bond acceptors (Lipinski definition) is 4. The SMILES string of the molecule is CC(C)(C)OC(=O)N1CC[C@@H](NC(=O)CNC(=O)c2ccccc2)C1. The molecule has 25 heavy (non-hydrogen) atoms. The van der Waals surface area contributed by atoms with E-state index < -0.39 is 5.60 Å². The van der Waals surface area contributed by atoms with Crippen molar-refractivity contribution in [1.82, 2.24) is 15.5 Å². The summed E-state index contributed by atoms with van der Waals surface area (Å²) in [5.74, 6) is -0.571. The first-order valence-corrected chi connectivity index (χ1v) is 8.35. The van der Waals surface area contributed by atoms with Gasteiger partial charge in [0.2, 0.25) is 5.91 Å². The van der Waals surface area contributed by atoms with Gasteiger partial charge in [0.1, 0.15) is 5.60 Å². The largest absolute Gasteiger partial charge is 0.444 e. The molecule has 136 valence electrons. The lowest BCUT2D eigenvalue weighted by Crippen LogP contribution is -2.44. The monoisotopic (exact) mass is 347 g/mol. The quantitative estimate of drug-likeness (QED) is 0.865. The second kappa shape index (κ2) is 8.00. The minimum Gasteiger partial charge on any atom is -0.444 e. The van der Waals surface area contributed by atoms with Crippen LogP contribution in [0.25, 0.3) is 0 Å². The number of likely N-dealkylation sites (tertiary alicyclic amines) is 1. The molecule has 0 bridgehead atoms. The first-order valence-electron chi connectivity index (χ1n) is 8.35. The van der Waals surface area contributed by atoms with Gasteiger partial charge in [0, 0.05) is 24.7 Å². The number of nitrogens with zero attached hydrogens (tertiary/aromatic N) is 1. The molecule has 1 aromatic rings. The Labute approximate surface area is 147 Å². The zero-order valence-corrected chi connectivity index (χ0v) is 14.9. The lowest BCUT2D eigenvalue weighted by atomic mass is 10.2. The topological polar surface area (TPSA) is 87.7 Å². The highest BCUT2D eigenvalue weighted by atomic mass is 16.6. The average molecular weight is 347 g/mol. The highest BCUT2D eigenvalue weighted by Crippen LogP contribution is 2.15. The highest BCUT2D eigenvalue weighted by Gasteiger charge is 2.30. The van der Waals surface area contributed by atoms with E-state index in [4.69, 9.17) is 4.74 Å². The Morgan fingerprint density at radius 2 is 1.88 bits per heavy atom. The summed E-state index contributed by atoms with van der Waals surface area (Å²) in [6.45, 7) is 6.29. The Balaban J connectivity index is 1.73. The third-order valence-electron chi connectivity index (χ3n) is 3.65. The summed E-state index contributed by atoms with van der Waals surface area (Å²) in [6.07, 6.45) is 0.291. The van der Waals surface area contributed by atoms with Crippen LogP contribution < -0.4 is 10.6 Å². The second-order valence-electron chi connectivity index (χ2n) is 7.03. The molecule has 2 rings (SSSR count). The molecule has 1 saturated heterocycles. The molecule has 2 N–H and O–H groups in total. The normalized spacial score (nSPS) is 17.1. The van der Waals surface area contributed by atoms with Gasteiger partial charge in [-0.05, 0) is 39.3 Å². The molecule has 1 aromatic carbocycles. The number of ether oxygens (including phenoxy) is 1. The van der Waals surface area contributed by atoms with Gasteiger partial charge in [0.05, 0.1) is 6.54 Å². The molecule has 3 amide bonds. The molecule has 0 saturated carbocycles. The molecule has 0 radical (unpaired) electrons. The first-order chi connectivity index (χ1) is 11.7. The number of amides is 3. The van der Waals surface area contributed by atoms with Gasteiger partial charge in [-0.3, -0.25) is 9.59 Å². The third kappa shape index (κ3) is 6.10. The predicted octanol–water partition coefficient (Wildman–Crippen LogP) is 1.54. The van der Waals surface area contributed by atoms with Crippen LogP contribution in [0.4, 0.5) is 4.79 Å². The van der Waals surface area contributed by atoms with E-state index in [-0.39, 0.29) is 30.5 Å². The summed E-state index contributed by atoms with van der Waals surface area (Å²) in [5, 5.41) is 5.41. The molecular formula is C18H25N3O4. The van der Waals surface area contributed by atoms with Gasteiger partial charge >= 0.3 is 6.09 Å². The van der Waals surface area contributed by atoms with E-state index in [9.17, 15) is 14.4 Å². The fraction of sp³-hybridized carbons (Fsp3) is 0.500. The Hall–Kier alpha value is -2.57. The van der Waals surface area contributed by atoms with Crippen molar-refractivity contribution in [3.63, 3.8) is 0 Å². The Kier molecular flexibility index (Phi) is 6.01. The molecule has 0 unspecified atom stereocenters. The van der Waals surface area contributed by atoms with E-state index in [0.717, 1.165) is 0 Å². The zero-order chi connectivity index (χ0) is 18.4. The van der Waals surface area contributed by atoms with Crippen LogP contribution in [0, 0.1) is 0 Å². The maximum absolute atomic E-state index is 12.0. The summed E-state index contributed by atoms with van der Waals surface area (Å²) >= 11 is 0. The van der Waals surface area contributed by atoms with E-state index in [2.05, 4.69) is 10.6 Å².